The highest BCUT2D eigenvalue weighted by molar-refractivity contribution is 5.76. The third-order valence-corrected chi connectivity index (χ3v) is 4.35. The van der Waals surface area contributed by atoms with Crippen molar-refractivity contribution in [1.29, 1.82) is 0 Å². The molecule has 1 aromatic rings. The first-order chi connectivity index (χ1) is 9.33. The van der Waals surface area contributed by atoms with Crippen LogP contribution < -0.4 is 5.32 Å². The predicted octanol–water partition coefficient (Wildman–Crippen LogP) is 1.96. The average molecular weight is 258 g/mol. The summed E-state index contributed by atoms with van der Waals surface area (Å²) < 4.78 is 0. The van der Waals surface area contributed by atoms with E-state index < -0.39 is 0 Å². The number of piperidine rings is 1. The van der Waals surface area contributed by atoms with Crippen LogP contribution in [0.4, 0.5) is 0 Å². The van der Waals surface area contributed by atoms with E-state index in [4.69, 9.17) is 0 Å². The van der Waals surface area contributed by atoms with Crippen molar-refractivity contribution in [2.75, 3.05) is 19.6 Å². The van der Waals surface area contributed by atoms with Gasteiger partial charge in [-0.2, -0.15) is 0 Å². The minimum atomic E-state index is 0.336. The molecule has 2 aliphatic rings. The van der Waals surface area contributed by atoms with E-state index in [0.717, 1.165) is 39.0 Å². The second-order valence-corrected chi connectivity index (χ2v) is 5.75. The maximum Gasteiger partial charge on any atom is 0.223 e. The van der Waals surface area contributed by atoms with Gasteiger partial charge in [0.05, 0.1) is 0 Å². The topological polar surface area (TPSA) is 32.3 Å². The SMILES string of the molecule is O=C(C[C@@H]1CCCNC1)N1CCc2ccccc2C1. The number of fused-ring (bicyclic) bond motifs is 1. The molecule has 0 spiro atoms. The molecule has 3 rings (SSSR count). The Morgan fingerprint density at radius 2 is 2.16 bits per heavy atom. The molecule has 0 unspecified atom stereocenters. The molecule has 19 heavy (non-hydrogen) atoms. The first-order valence-corrected chi connectivity index (χ1v) is 7.38. The van der Waals surface area contributed by atoms with Gasteiger partial charge >= 0.3 is 0 Å². The highest BCUT2D eigenvalue weighted by Crippen LogP contribution is 2.21. The number of carbonyl (C=O) groups excluding carboxylic acids is 1. The Labute approximate surface area is 115 Å². The minimum Gasteiger partial charge on any atom is -0.338 e. The monoisotopic (exact) mass is 258 g/mol. The molecule has 102 valence electrons. The number of amides is 1. The second kappa shape index (κ2) is 5.74. The van der Waals surface area contributed by atoms with Gasteiger partial charge in [0.25, 0.3) is 0 Å². The summed E-state index contributed by atoms with van der Waals surface area (Å²) in [6, 6.07) is 8.49. The summed E-state index contributed by atoms with van der Waals surface area (Å²) in [5.41, 5.74) is 2.73. The van der Waals surface area contributed by atoms with Gasteiger partial charge in [0.15, 0.2) is 0 Å². The molecule has 1 atom stereocenters. The Bertz CT molecular complexity index is 452. The molecule has 1 N–H and O–H groups in total. The Morgan fingerprint density at radius 3 is 2.95 bits per heavy atom. The zero-order chi connectivity index (χ0) is 13.1. The van der Waals surface area contributed by atoms with Crippen molar-refractivity contribution in [2.24, 2.45) is 5.92 Å². The van der Waals surface area contributed by atoms with Gasteiger partial charge in [0, 0.05) is 19.5 Å². The first-order valence-electron chi connectivity index (χ1n) is 7.38. The van der Waals surface area contributed by atoms with Gasteiger partial charge in [-0.3, -0.25) is 4.79 Å². The molecule has 2 aliphatic heterocycles. The predicted molar refractivity (Wildman–Crippen MR) is 75.8 cm³/mol. The molecule has 2 heterocycles. The average Bonchev–Trinajstić information content (AvgIpc) is 2.48. The summed E-state index contributed by atoms with van der Waals surface area (Å²) in [5.74, 6) is 0.877. The highest BCUT2D eigenvalue weighted by Gasteiger charge is 2.23. The number of carbonyl (C=O) groups is 1. The summed E-state index contributed by atoms with van der Waals surface area (Å²) in [4.78, 5) is 14.4. The van der Waals surface area contributed by atoms with Crippen LogP contribution in [0.15, 0.2) is 24.3 Å². The zero-order valence-electron chi connectivity index (χ0n) is 11.4. The number of hydrogen-bond donors (Lipinski definition) is 1. The van der Waals surface area contributed by atoms with Crippen molar-refractivity contribution in [3.05, 3.63) is 35.4 Å². The van der Waals surface area contributed by atoms with Crippen LogP contribution in [-0.4, -0.2) is 30.4 Å². The van der Waals surface area contributed by atoms with E-state index in [1.54, 1.807) is 0 Å². The van der Waals surface area contributed by atoms with Crippen molar-refractivity contribution < 1.29 is 4.79 Å². The van der Waals surface area contributed by atoms with Gasteiger partial charge in [-0.15, -0.1) is 0 Å². The summed E-state index contributed by atoms with van der Waals surface area (Å²) in [6.07, 6.45) is 4.13. The molecule has 0 bridgehead atoms. The third kappa shape index (κ3) is 2.98. The van der Waals surface area contributed by atoms with Crippen LogP contribution in [0, 0.1) is 5.92 Å². The Kier molecular flexibility index (Phi) is 3.83. The van der Waals surface area contributed by atoms with E-state index >= 15 is 0 Å². The molecule has 3 nitrogen and oxygen atoms in total. The van der Waals surface area contributed by atoms with Crippen molar-refractivity contribution in [3.8, 4) is 0 Å². The van der Waals surface area contributed by atoms with Crippen molar-refractivity contribution in [1.82, 2.24) is 10.2 Å². The molecular formula is C16H22N2O. The summed E-state index contributed by atoms with van der Waals surface area (Å²) >= 11 is 0. The largest absolute Gasteiger partial charge is 0.338 e. The number of hydrogen-bond acceptors (Lipinski definition) is 2. The molecule has 0 aromatic heterocycles. The molecule has 0 aliphatic carbocycles. The molecule has 1 aromatic carbocycles. The minimum absolute atomic E-state index is 0.336. The maximum absolute atomic E-state index is 12.4. The van der Waals surface area contributed by atoms with Crippen molar-refractivity contribution in [3.63, 3.8) is 0 Å². The molecule has 1 amide bonds. The van der Waals surface area contributed by atoms with Gasteiger partial charge < -0.3 is 10.2 Å². The van der Waals surface area contributed by atoms with Crippen LogP contribution in [0.2, 0.25) is 0 Å². The third-order valence-electron chi connectivity index (χ3n) is 4.35. The van der Waals surface area contributed by atoms with Gasteiger partial charge in [-0.1, -0.05) is 24.3 Å². The highest BCUT2D eigenvalue weighted by atomic mass is 16.2. The number of rotatable bonds is 2. The lowest BCUT2D eigenvalue weighted by Gasteiger charge is -2.31. The van der Waals surface area contributed by atoms with E-state index in [-0.39, 0.29) is 0 Å². The van der Waals surface area contributed by atoms with Crippen LogP contribution in [-0.2, 0) is 17.8 Å². The van der Waals surface area contributed by atoms with Crippen LogP contribution >= 0.6 is 0 Å². The standard InChI is InChI=1S/C16H22N2O/c19-16(10-13-4-3-8-17-11-13)18-9-7-14-5-1-2-6-15(14)12-18/h1-2,5-6,13,17H,3-4,7-12H2/t13-/m0/s1. The molecule has 0 radical (unpaired) electrons. The quantitative estimate of drug-likeness (QED) is 0.879. The summed E-state index contributed by atoms with van der Waals surface area (Å²) in [6.45, 7) is 3.81. The maximum atomic E-state index is 12.4. The van der Waals surface area contributed by atoms with Crippen LogP contribution in [0.25, 0.3) is 0 Å². The zero-order valence-corrected chi connectivity index (χ0v) is 11.4. The van der Waals surface area contributed by atoms with Gasteiger partial charge in [0.1, 0.15) is 0 Å². The van der Waals surface area contributed by atoms with Gasteiger partial charge in [-0.05, 0) is 49.4 Å². The fourth-order valence-corrected chi connectivity index (χ4v) is 3.18. The lowest BCUT2D eigenvalue weighted by molar-refractivity contribution is -0.133. The number of benzene rings is 1. The fraction of sp³-hybridized carbons (Fsp3) is 0.562. The van der Waals surface area contributed by atoms with Crippen LogP contribution in [0.1, 0.15) is 30.4 Å². The van der Waals surface area contributed by atoms with E-state index in [1.165, 1.54) is 24.0 Å². The first kappa shape index (κ1) is 12.7. The van der Waals surface area contributed by atoms with E-state index in [1.807, 2.05) is 4.90 Å². The van der Waals surface area contributed by atoms with Crippen LogP contribution in [0.5, 0.6) is 0 Å². The van der Waals surface area contributed by atoms with Gasteiger partial charge in [-0.25, -0.2) is 0 Å². The molecular weight excluding hydrogens is 236 g/mol. The smallest absolute Gasteiger partial charge is 0.223 e. The van der Waals surface area contributed by atoms with E-state index in [9.17, 15) is 4.79 Å². The molecule has 1 fully saturated rings. The molecule has 1 saturated heterocycles. The van der Waals surface area contributed by atoms with E-state index in [2.05, 4.69) is 29.6 Å². The van der Waals surface area contributed by atoms with Crippen molar-refractivity contribution in [2.45, 2.75) is 32.2 Å². The molecule has 0 saturated carbocycles. The van der Waals surface area contributed by atoms with Crippen LogP contribution in [0.3, 0.4) is 0 Å². The number of nitrogens with zero attached hydrogens (tertiary/aromatic N) is 1. The Balaban J connectivity index is 1.59. The lowest BCUT2D eigenvalue weighted by Crippen LogP contribution is -2.39. The number of nitrogens with one attached hydrogen (secondary N) is 1. The summed E-state index contributed by atoms with van der Waals surface area (Å²) in [7, 11) is 0. The Hall–Kier alpha value is -1.35. The fourth-order valence-electron chi connectivity index (χ4n) is 3.18. The lowest BCUT2D eigenvalue weighted by atomic mass is 9.94. The van der Waals surface area contributed by atoms with Crippen molar-refractivity contribution >= 4 is 5.91 Å². The molecule has 3 heteroatoms. The van der Waals surface area contributed by atoms with E-state index in [0.29, 0.717) is 11.8 Å². The van der Waals surface area contributed by atoms with Gasteiger partial charge in [0.2, 0.25) is 5.91 Å². The Morgan fingerprint density at radius 1 is 1.32 bits per heavy atom. The summed E-state index contributed by atoms with van der Waals surface area (Å²) in [5, 5.41) is 3.39. The normalized spacial score (nSPS) is 22.9. The second-order valence-electron chi connectivity index (χ2n) is 5.75.